The maximum absolute atomic E-state index is 12.3. The number of halogens is 2. The van der Waals surface area contributed by atoms with Crippen molar-refractivity contribution in [3.05, 3.63) is 28.8 Å². The molecule has 3 nitrogen and oxygen atoms in total. The third-order valence-electron chi connectivity index (χ3n) is 3.60. The Bertz CT molecular complexity index is 423. The summed E-state index contributed by atoms with van der Waals surface area (Å²) in [6, 6.07) is 5.56. The number of hydrogen-bond donors (Lipinski definition) is 2. The van der Waals surface area contributed by atoms with E-state index in [1.54, 1.807) is 6.07 Å². The monoisotopic (exact) mass is 304 g/mol. The average molecular weight is 305 g/mol. The first kappa shape index (κ1) is 18.2. The van der Waals surface area contributed by atoms with Crippen LogP contribution in [0.4, 0.5) is 5.69 Å². The fraction of sp³-hybridized carbons (Fsp3) is 0.500. The zero-order chi connectivity index (χ0) is 13.8. The lowest BCUT2D eigenvalue weighted by atomic mass is 9.81. The molecule has 1 aromatic rings. The van der Waals surface area contributed by atoms with Crippen LogP contribution in [-0.4, -0.2) is 12.5 Å². The Morgan fingerprint density at radius 3 is 2.42 bits per heavy atom. The molecule has 1 aromatic carbocycles. The van der Waals surface area contributed by atoms with Crippen molar-refractivity contribution in [2.45, 2.75) is 33.6 Å². The summed E-state index contributed by atoms with van der Waals surface area (Å²) >= 11 is 6.07. The lowest BCUT2D eigenvalue weighted by Crippen LogP contribution is -2.41. The average Bonchev–Trinajstić information content (AvgIpc) is 2.37. The van der Waals surface area contributed by atoms with E-state index in [2.05, 4.69) is 5.32 Å². The predicted molar refractivity (Wildman–Crippen MR) is 84.1 cm³/mol. The highest BCUT2D eigenvalue weighted by Crippen LogP contribution is 2.29. The van der Waals surface area contributed by atoms with Gasteiger partial charge in [0.2, 0.25) is 5.91 Å². The summed E-state index contributed by atoms with van der Waals surface area (Å²) in [5.41, 5.74) is 6.96. The number of carbonyl (C=O) groups excluding carboxylic acids is 1. The quantitative estimate of drug-likeness (QED) is 0.870. The minimum atomic E-state index is -0.507. The van der Waals surface area contributed by atoms with Gasteiger partial charge in [-0.1, -0.05) is 31.5 Å². The zero-order valence-electron chi connectivity index (χ0n) is 11.6. The first-order valence-electron chi connectivity index (χ1n) is 6.26. The van der Waals surface area contributed by atoms with Gasteiger partial charge in [0.1, 0.15) is 0 Å². The number of benzene rings is 1. The van der Waals surface area contributed by atoms with Crippen molar-refractivity contribution in [2.75, 3.05) is 11.9 Å². The Hall–Kier alpha value is -0.770. The summed E-state index contributed by atoms with van der Waals surface area (Å²) in [6.07, 6.45) is 1.44. The molecule has 1 rings (SSSR count). The SMILES string of the molecule is CCC(CC)(CN)C(=O)Nc1cc(C)ccc1Cl.Cl. The van der Waals surface area contributed by atoms with E-state index in [-0.39, 0.29) is 18.3 Å². The van der Waals surface area contributed by atoms with Crippen LogP contribution >= 0.6 is 24.0 Å². The maximum atomic E-state index is 12.3. The number of nitrogens with two attached hydrogens (primary N) is 1. The number of anilines is 1. The molecule has 0 aliphatic rings. The Morgan fingerprint density at radius 1 is 1.37 bits per heavy atom. The van der Waals surface area contributed by atoms with Crippen LogP contribution in [0.15, 0.2) is 18.2 Å². The first-order chi connectivity index (χ1) is 8.49. The second kappa shape index (κ2) is 7.73. The highest BCUT2D eigenvalue weighted by atomic mass is 35.5. The van der Waals surface area contributed by atoms with Crippen molar-refractivity contribution in [1.29, 1.82) is 0 Å². The van der Waals surface area contributed by atoms with Crippen LogP contribution in [0.2, 0.25) is 5.02 Å². The van der Waals surface area contributed by atoms with E-state index < -0.39 is 5.41 Å². The molecule has 0 bridgehead atoms. The lowest BCUT2D eigenvalue weighted by molar-refractivity contribution is -0.125. The fourth-order valence-corrected chi connectivity index (χ4v) is 2.11. The summed E-state index contributed by atoms with van der Waals surface area (Å²) in [7, 11) is 0. The van der Waals surface area contributed by atoms with E-state index in [1.165, 1.54) is 0 Å². The number of carbonyl (C=O) groups is 1. The number of aryl methyl sites for hydroxylation is 1. The van der Waals surface area contributed by atoms with Gasteiger partial charge in [-0.3, -0.25) is 4.79 Å². The van der Waals surface area contributed by atoms with Crippen LogP contribution in [0.25, 0.3) is 0 Å². The van der Waals surface area contributed by atoms with Crippen LogP contribution in [0.3, 0.4) is 0 Å². The third-order valence-corrected chi connectivity index (χ3v) is 3.93. The van der Waals surface area contributed by atoms with Crippen molar-refractivity contribution in [3.8, 4) is 0 Å². The normalized spacial score (nSPS) is 10.8. The van der Waals surface area contributed by atoms with E-state index in [9.17, 15) is 4.79 Å². The molecule has 0 unspecified atom stereocenters. The largest absolute Gasteiger partial charge is 0.329 e. The molecule has 1 amide bonds. The van der Waals surface area contributed by atoms with E-state index in [4.69, 9.17) is 17.3 Å². The highest BCUT2D eigenvalue weighted by molar-refractivity contribution is 6.33. The van der Waals surface area contributed by atoms with Crippen LogP contribution in [0.1, 0.15) is 32.3 Å². The van der Waals surface area contributed by atoms with Gasteiger partial charge in [0.05, 0.1) is 16.1 Å². The molecule has 0 saturated heterocycles. The molecule has 0 fully saturated rings. The molecule has 0 aliphatic heterocycles. The topological polar surface area (TPSA) is 55.1 Å². The Morgan fingerprint density at radius 2 is 1.95 bits per heavy atom. The van der Waals surface area contributed by atoms with Gasteiger partial charge in [-0.15, -0.1) is 12.4 Å². The van der Waals surface area contributed by atoms with Gasteiger partial charge in [0, 0.05) is 6.54 Å². The van der Waals surface area contributed by atoms with Crippen molar-refractivity contribution >= 4 is 35.6 Å². The van der Waals surface area contributed by atoms with Crippen molar-refractivity contribution in [2.24, 2.45) is 11.1 Å². The van der Waals surface area contributed by atoms with Gasteiger partial charge in [-0.2, -0.15) is 0 Å². The molecule has 5 heteroatoms. The molecule has 108 valence electrons. The Kier molecular flexibility index (Phi) is 7.42. The van der Waals surface area contributed by atoms with Crippen molar-refractivity contribution in [3.63, 3.8) is 0 Å². The van der Waals surface area contributed by atoms with Gasteiger partial charge in [0.25, 0.3) is 0 Å². The molecule has 3 N–H and O–H groups in total. The predicted octanol–water partition coefficient (Wildman–Crippen LogP) is 3.77. The number of nitrogens with one attached hydrogen (secondary N) is 1. The summed E-state index contributed by atoms with van der Waals surface area (Å²) in [5.74, 6) is -0.0532. The van der Waals surface area contributed by atoms with Crippen LogP contribution in [-0.2, 0) is 4.79 Å². The van der Waals surface area contributed by atoms with Gasteiger partial charge in [0.15, 0.2) is 0 Å². The van der Waals surface area contributed by atoms with E-state index in [0.29, 0.717) is 17.3 Å². The molecule has 0 aliphatic carbocycles. The first-order valence-corrected chi connectivity index (χ1v) is 6.64. The summed E-state index contributed by atoms with van der Waals surface area (Å²) in [6.45, 7) is 6.26. The maximum Gasteiger partial charge on any atom is 0.231 e. The zero-order valence-corrected chi connectivity index (χ0v) is 13.2. The van der Waals surface area contributed by atoms with Crippen molar-refractivity contribution in [1.82, 2.24) is 0 Å². The van der Waals surface area contributed by atoms with Crippen LogP contribution in [0.5, 0.6) is 0 Å². The van der Waals surface area contributed by atoms with Crippen LogP contribution in [0, 0.1) is 12.3 Å². The second-order valence-electron chi connectivity index (χ2n) is 4.63. The molecule has 19 heavy (non-hydrogen) atoms. The minimum absolute atomic E-state index is 0. The number of hydrogen-bond acceptors (Lipinski definition) is 2. The summed E-state index contributed by atoms with van der Waals surface area (Å²) < 4.78 is 0. The third kappa shape index (κ3) is 4.10. The Labute approximate surface area is 126 Å². The standard InChI is InChI=1S/C14H21ClN2O.ClH/c1-4-14(5-2,9-16)13(18)17-12-8-10(3)6-7-11(12)15;/h6-8H,4-5,9,16H2,1-3H3,(H,17,18);1H. The minimum Gasteiger partial charge on any atom is -0.329 e. The summed E-state index contributed by atoms with van der Waals surface area (Å²) in [4.78, 5) is 12.3. The Balaban J connectivity index is 0.00000324. The second-order valence-corrected chi connectivity index (χ2v) is 5.04. The van der Waals surface area contributed by atoms with Gasteiger partial charge < -0.3 is 11.1 Å². The van der Waals surface area contributed by atoms with Gasteiger partial charge in [-0.25, -0.2) is 0 Å². The van der Waals surface area contributed by atoms with E-state index in [1.807, 2.05) is 32.9 Å². The highest BCUT2D eigenvalue weighted by Gasteiger charge is 2.33. The van der Waals surface area contributed by atoms with E-state index in [0.717, 1.165) is 18.4 Å². The smallest absolute Gasteiger partial charge is 0.231 e. The van der Waals surface area contributed by atoms with Gasteiger partial charge >= 0.3 is 0 Å². The van der Waals surface area contributed by atoms with E-state index >= 15 is 0 Å². The molecular formula is C14H22Cl2N2O. The molecular weight excluding hydrogens is 283 g/mol. The fourth-order valence-electron chi connectivity index (χ4n) is 1.94. The van der Waals surface area contributed by atoms with Gasteiger partial charge in [-0.05, 0) is 37.5 Å². The number of amides is 1. The molecule has 0 heterocycles. The van der Waals surface area contributed by atoms with Crippen molar-refractivity contribution < 1.29 is 4.79 Å². The number of rotatable bonds is 5. The molecule has 0 aromatic heterocycles. The molecule has 0 saturated carbocycles. The molecule has 0 spiro atoms. The summed E-state index contributed by atoms with van der Waals surface area (Å²) in [5, 5.41) is 3.44. The lowest BCUT2D eigenvalue weighted by Gasteiger charge is -2.28. The molecule has 0 radical (unpaired) electrons. The molecule has 0 atom stereocenters. The van der Waals surface area contributed by atoms with Crippen LogP contribution < -0.4 is 11.1 Å².